The third kappa shape index (κ3) is 3.58. The first-order valence-corrected chi connectivity index (χ1v) is 6.42. The van der Waals surface area contributed by atoms with Gasteiger partial charge in [-0.25, -0.2) is 0 Å². The summed E-state index contributed by atoms with van der Waals surface area (Å²) in [4.78, 5) is 0. The summed E-state index contributed by atoms with van der Waals surface area (Å²) in [6.45, 7) is 5.62. The van der Waals surface area contributed by atoms with Gasteiger partial charge in [0.25, 0.3) is 0 Å². The van der Waals surface area contributed by atoms with Gasteiger partial charge in [-0.15, -0.1) is 0 Å². The van der Waals surface area contributed by atoms with E-state index in [1.165, 1.54) is 19.3 Å². The SMILES string of the molecule is CC1(CCNCC2CC=CCC2)OCCO1. The molecule has 1 fully saturated rings. The van der Waals surface area contributed by atoms with Crippen LogP contribution in [0.15, 0.2) is 12.2 Å². The Bertz CT molecular complexity index is 234. The summed E-state index contributed by atoms with van der Waals surface area (Å²) in [5.74, 6) is 0.489. The van der Waals surface area contributed by atoms with Crippen LogP contribution >= 0.6 is 0 Å². The second-order valence-corrected chi connectivity index (χ2v) is 4.94. The van der Waals surface area contributed by atoms with Gasteiger partial charge in [0.2, 0.25) is 0 Å². The molecular formula is C13H23NO2. The van der Waals surface area contributed by atoms with Gasteiger partial charge in [0, 0.05) is 13.0 Å². The van der Waals surface area contributed by atoms with Gasteiger partial charge in [0.15, 0.2) is 5.79 Å². The number of hydrogen-bond donors (Lipinski definition) is 1. The topological polar surface area (TPSA) is 30.5 Å². The zero-order valence-corrected chi connectivity index (χ0v) is 10.2. The Morgan fingerprint density at radius 2 is 2.12 bits per heavy atom. The van der Waals surface area contributed by atoms with Crippen LogP contribution in [-0.4, -0.2) is 32.1 Å². The quantitative estimate of drug-likeness (QED) is 0.574. The lowest BCUT2D eigenvalue weighted by Crippen LogP contribution is -2.33. The maximum Gasteiger partial charge on any atom is 0.166 e. The van der Waals surface area contributed by atoms with Crippen LogP contribution in [0.25, 0.3) is 0 Å². The highest BCUT2D eigenvalue weighted by atomic mass is 16.7. The van der Waals surface area contributed by atoms with Crippen molar-refractivity contribution in [1.29, 1.82) is 0 Å². The van der Waals surface area contributed by atoms with Crippen LogP contribution in [0.4, 0.5) is 0 Å². The van der Waals surface area contributed by atoms with Crippen molar-refractivity contribution in [3.05, 3.63) is 12.2 Å². The van der Waals surface area contributed by atoms with Crippen molar-refractivity contribution in [1.82, 2.24) is 5.32 Å². The van der Waals surface area contributed by atoms with Crippen LogP contribution < -0.4 is 5.32 Å². The number of allylic oxidation sites excluding steroid dienone is 2. The first kappa shape index (κ1) is 12.1. The van der Waals surface area contributed by atoms with Gasteiger partial charge in [0.05, 0.1) is 13.2 Å². The summed E-state index contributed by atoms with van der Waals surface area (Å²) in [7, 11) is 0. The van der Waals surface area contributed by atoms with Crippen LogP contribution in [-0.2, 0) is 9.47 Å². The van der Waals surface area contributed by atoms with E-state index < -0.39 is 0 Å². The van der Waals surface area contributed by atoms with Gasteiger partial charge in [-0.3, -0.25) is 0 Å². The Morgan fingerprint density at radius 1 is 1.31 bits per heavy atom. The van der Waals surface area contributed by atoms with E-state index in [9.17, 15) is 0 Å². The second-order valence-electron chi connectivity index (χ2n) is 4.94. The highest BCUT2D eigenvalue weighted by Gasteiger charge is 2.30. The summed E-state index contributed by atoms with van der Waals surface area (Å²) in [5.41, 5.74) is 0. The number of nitrogens with one attached hydrogen (secondary N) is 1. The second kappa shape index (κ2) is 5.80. The minimum atomic E-state index is -0.334. The summed E-state index contributed by atoms with van der Waals surface area (Å²) >= 11 is 0. The standard InChI is InChI=1S/C13H23NO2/c1-13(15-9-10-16-13)7-8-14-11-12-5-3-2-4-6-12/h2-3,12,14H,4-11H2,1H3. The molecule has 1 unspecified atom stereocenters. The van der Waals surface area contributed by atoms with Gasteiger partial charge in [0.1, 0.15) is 0 Å². The van der Waals surface area contributed by atoms with E-state index in [2.05, 4.69) is 17.5 Å². The minimum Gasteiger partial charge on any atom is -0.348 e. The highest BCUT2D eigenvalue weighted by Crippen LogP contribution is 2.22. The van der Waals surface area contributed by atoms with Crippen molar-refractivity contribution in [2.24, 2.45) is 5.92 Å². The van der Waals surface area contributed by atoms with E-state index in [1.807, 2.05) is 6.92 Å². The minimum absolute atomic E-state index is 0.334. The van der Waals surface area contributed by atoms with Crippen molar-refractivity contribution in [2.75, 3.05) is 26.3 Å². The molecular weight excluding hydrogens is 202 g/mol. The molecule has 0 radical (unpaired) electrons. The Labute approximate surface area is 98.2 Å². The third-order valence-electron chi connectivity index (χ3n) is 3.46. The van der Waals surface area contributed by atoms with E-state index in [4.69, 9.17) is 9.47 Å². The van der Waals surface area contributed by atoms with Crippen molar-refractivity contribution in [3.8, 4) is 0 Å². The molecule has 1 aliphatic carbocycles. The van der Waals surface area contributed by atoms with E-state index in [1.54, 1.807) is 0 Å². The van der Waals surface area contributed by atoms with E-state index >= 15 is 0 Å². The molecule has 16 heavy (non-hydrogen) atoms. The van der Waals surface area contributed by atoms with Crippen molar-refractivity contribution in [3.63, 3.8) is 0 Å². The lowest BCUT2D eigenvalue weighted by atomic mass is 9.94. The average molecular weight is 225 g/mol. The molecule has 0 amide bonds. The molecule has 92 valence electrons. The van der Waals surface area contributed by atoms with Gasteiger partial charge in [-0.05, 0) is 38.6 Å². The fourth-order valence-electron chi connectivity index (χ4n) is 2.36. The summed E-state index contributed by atoms with van der Waals surface area (Å²) in [5, 5.41) is 3.51. The van der Waals surface area contributed by atoms with Crippen molar-refractivity contribution in [2.45, 2.75) is 38.4 Å². The Balaban J connectivity index is 1.56. The molecule has 0 aromatic rings. The molecule has 3 heteroatoms. The molecule has 1 atom stereocenters. The monoisotopic (exact) mass is 225 g/mol. The molecule has 0 aromatic heterocycles. The predicted octanol–water partition coefficient (Wildman–Crippen LogP) is 2.09. The lowest BCUT2D eigenvalue weighted by Gasteiger charge is -2.23. The number of ether oxygens (including phenoxy) is 2. The van der Waals surface area contributed by atoms with Gasteiger partial charge < -0.3 is 14.8 Å². The highest BCUT2D eigenvalue weighted by molar-refractivity contribution is 4.90. The van der Waals surface area contributed by atoms with Crippen LogP contribution in [0.1, 0.15) is 32.6 Å². The molecule has 1 saturated heterocycles. The average Bonchev–Trinajstić information content (AvgIpc) is 2.74. The Morgan fingerprint density at radius 3 is 2.81 bits per heavy atom. The molecule has 1 heterocycles. The van der Waals surface area contributed by atoms with Gasteiger partial charge in [-0.2, -0.15) is 0 Å². The zero-order valence-electron chi connectivity index (χ0n) is 10.2. The van der Waals surface area contributed by atoms with E-state index in [0.29, 0.717) is 0 Å². The third-order valence-corrected chi connectivity index (χ3v) is 3.46. The lowest BCUT2D eigenvalue weighted by molar-refractivity contribution is -0.145. The van der Waals surface area contributed by atoms with Gasteiger partial charge >= 0.3 is 0 Å². The molecule has 0 saturated carbocycles. The summed E-state index contributed by atoms with van der Waals surface area (Å²) < 4.78 is 11.1. The van der Waals surface area contributed by atoms with E-state index in [-0.39, 0.29) is 5.79 Å². The first-order chi connectivity index (χ1) is 7.79. The summed E-state index contributed by atoms with van der Waals surface area (Å²) in [6.07, 6.45) is 9.34. The fraction of sp³-hybridized carbons (Fsp3) is 0.846. The smallest absolute Gasteiger partial charge is 0.166 e. The zero-order chi connectivity index (χ0) is 11.3. The van der Waals surface area contributed by atoms with Crippen LogP contribution in [0.5, 0.6) is 0 Å². The molecule has 0 aromatic carbocycles. The molecule has 0 spiro atoms. The van der Waals surface area contributed by atoms with Crippen molar-refractivity contribution < 1.29 is 9.47 Å². The molecule has 2 aliphatic rings. The van der Waals surface area contributed by atoms with Crippen LogP contribution in [0.3, 0.4) is 0 Å². The molecule has 1 N–H and O–H groups in total. The van der Waals surface area contributed by atoms with Crippen LogP contribution in [0.2, 0.25) is 0 Å². The predicted molar refractivity (Wildman–Crippen MR) is 64.3 cm³/mol. The van der Waals surface area contributed by atoms with E-state index in [0.717, 1.165) is 38.6 Å². The first-order valence-electron chi connectivity index (χ1n) is 6.42. The maximum atomic E-state index is 5.56. The summed E-state index contributed by atoms with van der Waals surface area (Å²) in [6, 6.07) is 0. The Kier molecular flexibility index (Phi) is 4.38. The fourth-order valence-corrected chi connectivity index (χ4v) is 2.36. The number of rotatable bonds is 5. The molecule has 3 nitrogen and oxygen atoms in total. The molecule has 2 rings (SSSR count). The Hall–Kier alpha value is -0.380. The normalized spacial score (nSPS) is 28.4. The van der Waals surface area contributed by atoms with Crippen molar-refractivity contribution >= 4 is 0 Å². The molecule has 0 bridgehead atoms. The largest absolute Gasteiger partial charge is 0.348 e. The molecule has 1 aliphatic heterocycles. The maximum absolute atomic E-state index is 5.56. The van der Waals surface area contributed by atoms with Crippen LogP contribution in [0, 0.1) is 5.92 Å². The number of hydrogen-bond acceptors (Lipinski definition) is 3. The van der Waals surface area contributed by atoms with Gasteiger partial charge in [-0.1, -0.05) is 12.2 Å².